The number of hydrogen-bond acceptors (Lipinski definition) is 0. The van der Waals surface area contributed by atoms with Crippen LogP contribution in [0.2, 0.25) is 0 Å². The number of hydrogen-bond donors (Lipinski definition) is 0. The molecule has 0 amide bonds. The molecule has 2 aromatic heterocycles. The number of para-hydroxylation sites is 2. The van der Waals surface area contributed by atoms with Crippen molar-refractivity contribution in [2.75, 3.05) is 0 Å². The van der Waals surface area contributed by atoms with E-state index in [1.54, 1.807) is 0 Å². The van der Waals surface area contributed by atoms with Gasteiger partial charge in [0.05, 0.1) is 11.4 Å². The molecule has 0 atom stereocenters. The van der Waals surface area contributed by atoms with Crippen LogP contribution in [0, 0.1) is 0 Å². The van der Waals surface area contributed by atoms with Gasteiger partial charge in [-0.2, -0.15) is 0 Å². The lowest BCUT2D eigenvalue weighted by molar-refractivity contribution is 1.10. The zero-order chi connectivity index (χ0) is 36.0. The molecule has 0 unspecified atom stereocenters. The monoisotopic (exact) mass is 696 g/mol. The highest BCUT2D eigenvalue weighted by Crippen LogP contribution is 2.48. The summed E-state index contributed by atoms with van der Waals surface area (Å²) in [6.07, 6.45) is 0. The summed E-state index contributed by atoms with van der Waals surface area (Å²) in [5.74, 6) is 0. The SMILES string of the molecule is c1ccc(-c2cc3c4c(c2)-n2c(-c5ccccc5)c(-c5ccccc5)c5cccc(c52)B4c2cccc4c(-c5ccccc5)c(-c5ccccc5)n-3c24)cc1. The van der Waals surface area contributed by atoms with Crippen LogP contribution in [0.25, 0.3) is 89.1 Å². The number of fused-ring (bicyclic) bond motifs is 4. The molecule has 0 radical (unpaired) electrons. The molecule has 0 fully saturated rings. The van der Waals surface area contributed by atoms with E-state index in [1.807, 2.05) is 0 Å². The zero-order valence-corrected chi connectivity index (χ0v) is 30.0. The van der Waals surface area contributed by atoms with Crippen LogP contribution in [0.3, 0.4) is 0 Å². The highest BCUT2D eigenvalue weighted by Gasteiger charge is 2.42. The van der Waals surface area contributed by atoms with Crippen molar-refractivity contribution in [1.29, 1.82) is 0 Å². The smallest absolute Gasteiger partial charge is 0.252 e. The molecule has 0 aliphatic carbocycles. The zero-order valence-electron chi connectivity index (χ0n) is 30.0. The van der Waals surface area contributed by atoms with Crippen molar-refractivity contribution in [3.8, 4) is 67.3 Å². The van der Waals surface area contributed by atoms with Crippen LogP contribution < -0.4 is 16.4 Å². The van der Waals surface area contributed by atoms with Crippen LogP contribution in [0.1, 0.15) is 0 Å². The predicted molar refractivity (Wildman–Crippen MR) is 232 cm³/mol. The number of aromatic nitrogens is 2. The molecule has 2 aliphatic rings. The van der Waals surface area contributed by atoms with E-state index in [-0.39, 0.29) is 6.71 Å². The van der Waals surface area contributed by atoms with E-state index in [4.69, 9.17) is 0 Å². The molecule has 12 rings (SSSR count). The van der Waals surface area contributed by atoms with Crippen molar-refractivity contribution >= 4 is 44.9 Å². The molecule has 8 aromatic carbocycles. The van der Waals surface area contributed by atoms with Crippen molar-refractivity contribution in [3.63, 3.8) is 0 Å². The molecular formula is C52H33BN2. The quantitative estimate of drug-likeness (QED) is 0.159. The molecule has 0 saturated heterocycles. The Balaban J connectivity index is 1.31. The van der Waals surface area contributed by atoms with E-state index in [0.29, 0.717) is 0 Å². The van der Waals surface area contributed by atoms with Crippen molar-refractivity contribution in [3.05, 3.63) is 200 Å². The lowest BCUT2D eigenvalue weighted by atomic mass is 9.34. The minimum Gasteiger partial charge on any atom is -0.310 e. The number of nitrogens with zero attached hydrogens (tertiary/aromatic N) is 2. The number of benzene rings is 8. The molecular weight excluding hydrogens is 663 g/mol. The fraction of sp³-hybridized carbons (Fsp3) is 0. The second-order valence-corrected chi connectivity index (χ2v) is 14.8. The van der Waals surface area contributed by atoms with Crippen molar-refractivity contribution < 1.29 is 0 Å². The summed E-state index contributed by atoms with van der Waals surface area (Å²) in [7, 11) is 0. The molecule has 0 spiro atoms. The van der Waals surface area contributed by atoms with Gasteiger partial charge in [-0.15, -0.1) is 0 Å². The van der Waals surface area contributed by atoms with Gasteiger partial charge in [-0.05, 0) is 61.9 Å². The first-order valence-electron chi connectivity index (χ1n) is 19.2. The van der Waals surface area contributed by atoms with Crippen LogP contribution in [-0.4, -0.2) is 15.8 Å². The summed E-state index contributed by atoms with van der Waals surface area (Å²) in [5, 5.41) is 2.56. The van der Waals surface area contributed by atoms with Gasteiger partial charge in [0.25, 0.3) is 6.71 Å². The van der Waals surface area contributed by atoms with Crippen LogP contribution in [0.5, 0.6) is 0 Å². The van der Waals surface area contributed by atoms with E-state index >= 15 is 0 Å². The molecule has 2 aliphatic heterocycles. The van der Waals surface area contributed by atoms with E-state index in [2.05, 4.69) is 209 Å². The average Bonchev–Trinajstić information content (AvgIpc) is 3.80. The van der Waals surface area contributed by atoms with E-state index in [1.165, 1.54) is 105 Å². The largest absolute Gasteiger partial charge is 0.310 e. The van der Waals surface area contributed by atoms with Crippen molar-refractivity contribution in [1.82, 2.24) is 9.13 Å². The van der Waals surface area contributed by atoms with Crippen molar-refractivity contribution in [2.24, 2.45) is 0 Å². The Hall–Kier alpha value is -7.10. The van der Waals surface area contributed by atoms with E-state index in [0.717, 1.165) is 0 Å². The van der Waals surface area contributed by atoms with Crippen LogP contribution in [0.15, 0.2) is 200 Å². The maximum absolute atomic E-state index is 2.61. The normalized spacial score (nSPS) is 12.3. The first-order chi connectivity index (χ1) is 27.3. The fourth-order valence-electron chi connectivity index (χ4n) is 9.77. The Kier molecular flexibility index (Phi) is 6.46. The van der Waals surface area contributed by atoms with Crippen LogP contribution in [0.4, 0.5) is 0 Å². The summed E-state index contributed by atoms with van der Waals surface area (Å²) < 4.78 is 5.22. The molecule has 2 nitrogen and oxygen atoms in total. The first-order valence-corrected chi connectivity index (χ1v) is 19.2. The summed E-state index contributed by atoms with van der Waals surface area (Å²) in [4.78, 5) is 0. The Morgan fingerprint density at radius 1 is 0.309 bits per heavy atom. The topological polar surface area (TPSA) is 9.86 Å². The van der Waals surface area contributed by atoms with Gasteiger partial charge < -0.3 is 9.13 Å². The maximum atomic E-state index is 2.61. The minimum atomic E-state index is 0.0477. The Bertz CT molecular complexity index is 2920. The lowest BCUT2D eigenvalue weighted by Crippen LogP contribution is -2.59. The fourth-order valence-corrected chi connectivity index (χ4v) is 9.77. The van der Waals surface area contributed by atoms with E-state index < -0.39 is 0 Å². The molecule has 254 valence electrons. The standard InChI is InChI=1S/C52H33BN2/c1-6-18-34(19-7-1)39-32-44-48-45(33-39)55-50(38-26-14-5-15-27-38)47(36-22-10-3-11-23-36)41-29-17-31-43(52(41)55)53(48)42-30-16-28-40-46(35-20-8-2-9-21-35)49(54(44)51(40)42)37-24-12-4-13-25-37/h1-33H. The molecule has 4 heterocycles. The van der Waals surface area contributed by atoms with Gasteiger partial charge in [-0.25, -0.2) is 0 Å². The highest BCUT2D eigenvalue weighted by molar-refractivity contribution is 7.00. The van der Waals surface area contributed by atoms with Gasteiger partial charge in [-0.1, -0.05) is 188 Å². The number of rotatable bonds is 5. The Morgan fingerprint density at radius 2 is 0.673 bits per heavy atom. The highest BCUT2D eigenvalue weighted by atomic mass is 15.0. The van der Waals surface area contributed by atoms with Gasteiger partial charge >= 0.3 is 0 Å². The van der Waals surface area contributed by atoms with Crippen LogP contribution >= 0.6 is 0 Å². The molecule has 0 N–H and O–H groups in total. The summed E-state index contributed by atoms with van der Waals surface area (Å²) >= 11 is 0. The lowest BCUT2D eigenvalue weighted by Gasteiger charge is -2.35. The molecule has 55 heavy (non-hydrogen) atoms. The summed E-state index contributed by atoms with van der Waals surface area (Å²) in [5.41, 5.74) is 21.4. The third kappa shape index (κ3) is 4.27. The Labute approximate surface area is 320 Å². The van der Waals surface area contributed by atoms with E-state index in [9.17, 15) is 0 Å². The Morgan fingerprint density at radius 3 is 1.07 bits per heavy atom. The van der Waals surface area contributed by atoms with Gasteiger partial charge in [0.2, 0.25) is 0 Å². The second-order valence-electron chi connectivity index (χ2n) is 14.8. The van der Waals surface area contributed by atoms with Gasteiger partial charge in [0, 0.05) is 44.3 Å². The predicted octanol–water partition coefficient (Wildman–Crippen LogP) is 11.1. The van der Waals surface area contributed by atoms with Gasteiger partial charge in [-0.3, -0.25) is 0 Å². The minimum absolute atomic E-state index is 0.0477. The third-order valence-electron chi connectivity index (χ3n) is 11.9. The van der Waals surface area contributed by atoms with Gasteiger partial charge in [0.15, 0.2) is 0 Å². The van der Waals surface area contributed by atoms with Crippen molar-refractivity contribution in [2.45, 2.75) is 0 Å². The summed E-state index contributed by atoms with van der Waals surface area (Å²) in [6.45, 7) is 0.0477. The van der Waals surface area contributed by atoms with Crippen LogP contribution in [-0.2, 0) is 0 Å². The third-order valence-corrected chi connectivity index (χ3v) is 11.9. The summed E-state index contributed by atoms with van der Waals surface area (Å²) in [6, 6.07) is 73.8. The maximum Gasteiger partial charge on any atom is 0.252 e. The molecule has 0 saturated carbocycles. The molecule has 0 bridgehead atoms. The second kappa shape index (κ2) is 11.7. The first kappa shape index (κ1) is 30.4. The molecule has 10 aromatic rings. The van der Waals surface area contributed by atoms with Gasteiger partial charge in [0.1, 0.15) is 0 Å². The average molecular weight is 697 g/mol. The molecule has 3 heteroatoms.